The second kappa shape index (κ2) is 8.38. The summed E-state index contributed by atoms with van der Waals surface area (Å²) in [5, 5.41) is 3.92. The number of nitrogens with zero attached hydrogens (tertiary/aromatic N) is 1. The molecule has 1 heterocycles. The molecule has 146 valence electrons. The van der Waals surface area contributed by atoms with E-state index in [2.05, 4.69) is 34.3 Å². The Labute approximate surface area is 165 Å². The maximum Gasteiger partial charge on any atom is 0.407 e. The molecule has 1 aromatic heterocycles. The normalized spacial score (nSPS) is 13.5. The van der Waals surface area contributed by atoms with E-state index < -0.39 is 0 Å². The van der Waals surface area contributed by atoms with Crippen LogP contribution in [0.3, 0.4) is 0 Å². The standard InChI is InChI=1S/C23H26N2O3/c1-25-15-19(12-13-27-23(26)24-14-17-10-11-17)22-20(25)8-5-9-21(22)28-16-18-6-3-2-4-7-18/h2-9,15,17H,10-14,16H2,1H3,(H,24,26). The lowest BCUT2D eigenvalue weighted by atomic mass is 10.1. The van der Waals surface area contributed by atoms with Gasteiger partial charge in [0.05, 0.1) is 12.1 Å². The molecular formula is C23H26N2O3. The first-order valence-electron chi connectivity index (χ1n) is 9.85. The smallest absolute Gasteiger partial charge is 0.407 e. The lowest BCUT2D eigenvalue weighted by molar-refractivity contribution is 0.147. The van der Waals surface area contributed by atoms with E-state index in [1.165, 1.54) is 12.8 Å². The van der Waals surface area contributed by atoms with Gasteiger partial charge in [-0.1, -0.05) is 36.4 Å². The van der Waals surface area contributed by atoms with E-state index in [4.69, 9.17) is 9.47 Å². The van der Waals surface area contributed by atoms with Crippen molar-refractivity contribution in [1.82, 2.24) is 9.88 Å². The maximum absolute atomic E-state index is 11.8. The molecule has 0 radical (unpaired) electrons. The molecule has 0 unspecified atom stereocenters. The number of benzene rings is 2. The first-order chi connectivity index (χ1) is 13.7. The zero-order valence-electron chi connectivity index (χ0n) is 16.2. The molecule has 4 rings (SSSR count). The van der Waals surface area contributed by atoms with Crippen LogP contribution >= 0.6 is 0 Å². The van der Waals surface area contributed by atoms with Crippen molar-refractivity contribution < 1.29 is 14.3 Å². The predicted molar refractivity (Wildman–Crippen MR) is 109 cm³/mol. The summed E-state index contributed by atoms with van der Waals surface area (Å²) >= 11 is 0. The number of rotatable bonds is 8. The van der Waals surface area contributed by atoms with Crippen LogP contribution in [0.25, 0.3) is 10.9 Å². The molecule has 28 heavy (non-hydrogen) atoms. The number of aromatic nitrogens is 1. The van der Waals surface area contributed by atoms with Crippen LogP contribution in [0.2, 0.25) is 0 Å². The van der Waals surface area contributed by atoms with Crippen molar-refractivity contribution in [2.45, 2.75) is 25.9 Å². The molecule has 1 saturated carbocycles. The number of alkyl carbamates (subject to hydrolysis) is 1. The average molecular weight is 378 g/mol. The molecule has 0 aliphatic heterocycles. The van der Waals surface area contributed by atoms with Gasteiger partial charge in [-0.2, -0.15) is 0 Å². The van der Waals surface area contributed by atoms with Gasteiger partial charge in [-0.15, -0.1) is 0 Å². The predicted octanol–water partition coefficient (Wildman–Crippen LogP) is 4.44. The SMILES string of the molecule is Cn1cc(CCOC(=O)NCC2CC2)c2c(OCc3ccccc3)cccc21. The molecule has 1 amide bonds. The molecule has 0 spiro atoms. The van der Waals surface area contributed by atoms with Gasteiger partial charge in [0.25, 0.3) is 0 Å². The largest absolute Gasteiger partial charge is 0.488 e. The number of carbonyl (C=O) groups excluding carboxylic acids is 1. The van der Waals surface area contributed by atoms with E-state index in [1.54, 1.807) is 0 Å². The summed E-state index contributed by atoms with van der Waals surface area (Å²) in [4.78, 5) is 11.8. The number of carbonyl (C=O) groups is 1. The van der Waals surface area contributed by atoms with Crippen molar-refractivity contribution in [3.63, 3.8) is 0 Å². The summed E-state index contributed by atoms with van der Waals surface area (Å²) in [6.07, 6.45) is 4.84. The zero-order chi connectivity index (χ0) is 19.3. The van der Waals surface area contributed by atoms with Gasteiger partial charge in [-0.25, -0.2) is 4.79 Å². The number of amides is 1. The highest BCUT2D eigenvalue weighted by Gasteiger charge is 2.21. The minimum atomic E-state index is -0.326. The summed E-state index contributed by atoms with van der Waals surface area (Å²) < 4.78 is 13.6. The second-order valence-corrected chi connectivity index (χ2v) is 7.40. The molecule has 3 aromatic rings. The van der Waals surface area contributed by atoms with Gasteiger partial charge < -0.3 is 19.4 Å². The van der Waals surface area contributed by atoms with Crippen molar-refractivity contribution in [3.8, 4) is 5.75 Å². The Hall–Kier alpha value is -2.95. The molecular weight excluding hydrogens is 352 g/mol. The van der Waals surface area contributed by atoms with Crippen LogP contribution in [0.1, 0.15) is 24.0 Å². The van der Waals surface area contributed by atoms with Gasteiger partial charge >= 0.3 is 6.09 Å². The minimum absolute atomic E-state index is 0.326. The molecule has 1 aliphatic rings. The molecule has 0 bridgehead atoms. The van der Waals surface area contributed by atoms with E-state index in [0.717, 1.165) is 34.3 Å². The van der Waals surface area contributed by atoms with Crippen molar-refractivity contribution in [2.75, 3.05) is 13.2 Å². The highest BCUT2D eigenvalue weighted by molar-refractivity contribution is 5.90. The lowest BCUT2D eigenvalue weighted by Crippen LogP contribution is -2.26. The highest BCUT2D eigenvalue weighted by atomic mass is 16.5. The van der Waals surface area contributed by atoms with Crippen molar-refractivity contribution in [2.24, 2.45) is 13.0 Å². The zero-order valence-corrected chi connectivity index (χ0v) is 16.2. The van der Waals surface area contributed by atoms with E-state index in [0.29, 0.717) is 25.6 Å². The van der Waals surface area contributed by atoms with Crippen molar-refractivity contribution in [3.05, 3.63) is 65.9 Å². The van der Waals surface area contributed by atoms with Crippen molar-refractivity contribution in [1.29, 1.82) is 0 Å². The number of fused-ring (bicyclic) bond motifs is 1. The summed E-state index contributed by atoms with van der Waals surface area (Å²) in [5.41, 5.74) is 3.36. The molecule has 2 aromatic carbocycles. The van der Waals surface area contributed by atoms with Gasteiger partial charge in [0.1, 0.15) is 12.4 Å². The quantitative estimate of drug-likeness (QED) is 0.631. The Balaban J connectivity index is 1.42. The topological polar surface area (TPSA) is 52.5 Å². The molecule has 0 saturated heterocycles. The second-order valence-electron chi connectivity index (χ2n) is 7.40. The molecule has 1 aliphatic carbocycles. The fraction of sp³-hybridized carbons (Fsp3) is 0.348. The third-order valence-corrected chi connectivity index (χ3v) is 5.13. The van der Waals surface area contributed by atoms with Crippen LogP contribution in [0.15, 0.2) is 54.7 Å². The van der Waals surface area contributed by atoms with Crippen LogP contribution in [0.5, 0.6) is 5.75 Å². The van der Waals surface area contributed by atoms with E-state index in [1.807, 2.05) is 37.4 Å². The van der Waals surface area contributed by atoms with Gasteiger partial charge in [0, 0.05) is 31.6 Å². The van der Waals surface area contributed by atoms with Crippen LogP contribution in [-0.4, -0.2) is 23.8 Å². The minimum Gasteiger partial charge on any atom is -0.488 e. The average Bonchev–Trinajstić information content (AvgIpc) is 3.49. The number of hydrogen-bond donors (Lipinski definition) is 1. The third kappa shape index (κ3) is 4.47. The summed E-state index contributed by atoms with van der Waals surface area (Å²) in [6, 6.07) is 16.2. The van der Waals surface area contributed by atoms with Gasteiger partial charge in [-0.05, 0) is 42.0 Å². The Morgan fingerprint density at radius 1 is 1.14 bits per heavy atom. The Bertz CT molecular complexity index is 945. The molecule has 5 nitrogen and oxygen atoms in total. The van der Waals surface area contributed by atoms with Gasteiger partial charge in [0.15, 0.2) is 0 Å². The van der Waals surface area contributed by atoms with Crippen LogP contribution in [0.4, 0.5) is 4.79 Å². The third-order valence-electron chi connectivity index (χ3n) is 5.13. The Kier molecular flexibility index (Phi) is 5.51. The molecule has 5 heteroatoms. The van der Waals surface area contributed by atoms with E-state index >= 15 is 0 Å². The molecule has 1 fully saturated rings. The summed E-state index contributed by atoms with van der Waals surface area (Å²) in [5.74, 6) is 1.50. The summed E-state index contributed by atoms with van der Waals surface area (Å²) in [7, 11) is 2.02. The molecule has 0 atom stereocenters. The maximum atomic E-state index is 11.8. The first kappa shape index (κ1) is 18.4. The summed E-state index contributed by atoms with van der Waals surface area (Å²) in [6.45, 7) is 1.60. The van der Waals surface area contributed by atoms with Crippen molar-refractivity contribution >= 4 is 17.0 Å². The van der Waals surface area contributed by atoms with E-state index in [-0.39, 0.29) is 6.09 Å². The molecule has 1 N–H and O–H groups in total. The number of nitrogens with one attached hydrogen (secondary N) is 1. The Morgan fingerprint density at radius 3 is 2.75 bits per heavy atom. The van der Waals surface area contributed by atoms with Crippen LogP contribution in [-0.2, 0) is 24.8 Å². The fourth-order valence-corrected chi connectivity index (χ4v) is 3.40. The number of hydrogen-bond acceptors (Lipinski definition) is 3. The number of ether oxygens (including phenoxy) is 2. The van der Waals surface area contributed by atoms with E-state index in [9.17, 15) is 4.79 Å². The lowest BCUT2D eigenvalue weighted by Gasteiger charge is -2.10. The van der Waals surface area contributed by atoms with Crippen LogP contribution < -0.4 is 10.1 Å². The van der Waals surface area contributed by atoms with Gasteiger partial charge in [0.2, 0.25) is 0 Å². The fourth-order valence-electron chi connectivity index (χ4n) is 3.40. The number of aryl methyl sites for hydroxylation is 1. The Morgan fingerprint density at radius 2 is 1.96 bits per heavy atom. The monoisotopic (exact) mass is 378 g/mol. The van der Waals surface area contributed by atoms with Gasteiger partial charge in [-0.3, -0.25) is 0 Å². The highest BCUT2D eigenvalue weighted by Crippen LogP contribution is 2.31. The first-order valence-corrected chi connectivity index (χ1v) is 9.85. The van der Waals surface area contributed by atoms with Crippen LogP contribution in [0, 0.1) is 5.92 Å².